The lowest BCUT2D eigenvalue weighted by molar-refractivity contribution is -0.138. The molecule has 0 radical (unpaired) electrons. The Kier molecular flexibility index (Phi) is 7.80. The number of nitrogens with two attached hydrogens (primary N) is 1. The fourth-order valence-corrected chi connectivity index (χ4v) is 3.38. The summed E-state index contributed by atoms with van der Waals surface area (Å²) in [6.45, 7) is 5.38. The summed E-state index contributed by atoms with van der Waals surface area (Å²) in [5, 5.41) is 2.82. The molecule has 1 aliphatic heterocycles. The van der Waals surface area contributed by atoms with Crippen LogP contribution >= 0.6 is 12.4 Å². The van der Waals surface area contributed by atoms with Gasteiger partial charge in [0.15, 0.2) is 0 Å². The van der Waals surface area contributed by atoms with Crippen LogP contribution in [0.3, 0.4) is 0 Å². The van der Waals surface area contributed by atoms with Crippen molar-refractivity contribution in [3.8, 4) is 0 Å². The number of nitrogens with one attached hydrogen (secondary N) is 1. The number of halogens is 1. The number of hydrogen-bond donors (Lipinski definition) is 2. The minimum Gasteiger partial charge on any atom is -0.335 e. The van der Waals surface area contributed by atoms with Crippen LogP contribution in [0.5, 0.6) is 0 Å². The highest BCUT2D eigenvalue weighted by molar-refractivity contribution is 6.05. The number of fused-ring (bicyclic) bond motifs is 1. The van der Waals surface area contributed by atoms with Crippen molar-refractivity contribution < 1.29 is 14.4 Å². The van der Waals surface area contributed by atoms with E-state index in [1.807, 2.05) is 19.9 Å². The van der Waals surface area contributed by atoms with Crippen LogP contribution in [0, 0.1) is 0 Å². The molecule has 0 aliphatic carbocycles. The fraction of sp³-hybridized carbons (Fsp3) is 0.526. The number of anilines is 2. The molecule has 0 fully saturated rings. The van der Waals surface area contributed by atoms with Crippen LogP contribution < -0.4 is 16.0 Å². The summed E-state index contributed by atoms with van der Waals surface area (Å²) in [6.07, 6.45) is 1.53. The highest BCUT2D eigenvalue weighted by Crippen LogP contribution is 2.31. The van der Waals surface area contributed by atoms with Crippen LogP contribution in [0.4, 0.5) is 11.4 Å². The molecule has 1 aromatic carbocycles. The van der Waals surface area contributed by atoms with Gasteiger partial charge in [-0.05, 0) is 32.4 Å². The maximum Gasteiger partial charge on any atom is 0.246 e. The second-order valence-electron chi connectivity index (χ2n) is 7.21. The Morgan fingerprint density at radius 3 is 2.63 bits per heavy atom. The Morgan fingerprint density at radius 1 is 1.37 bits per heavy atom. The number of rotatable bonds is 5. The van der Waals surface area contributed by atoms with Crippen LogP contribution in [0.15, 0.2) is 24.3 Å². The summed E-state index contributed by atoms with van der Waals surface area (Å²) in [7, 11) is 1.58. The highest BCUT2D eigenvalue weighted by atomic mass is 35.5. The van der Waals surface area contributed by atoms with Crippen LogP contribution in [0.25, 0.3) is 0 Å². The Morgan fingerprint density at radius 2 is 2.00 bits per heavy atom. The maximum absolute atomic E-state index is 13.0. The topological polar surface area (TPSA) is 95.7 Å². The van der Waals surface area contributed by atoms with Gasteiger partial charge < -0.3 is 20.9 Å². The lowest BCUT2D eigenvalue weighted by Crippen LogP contribution is -2.54. The third kappa shape index (κ3) is 5.20. The predicted molar refractivity (Wildman–Crippen MR) is 109 cm³/mol. The van der Waals surface area contributed by atoms with Crippen molar-refractivity contribution in [3.05, 3.63) is 24.3 Å². The van der Waals surface area contributed by atoms with E-state index in [-0.39, 0.29) is 49.1 Å². The van der Waals surface area contributed by atoms with Crippen molar-refractivity contribution in [1.29, 1.82) is 0 Å². The van der Waals surface area contributed by atoms with Crippen molar-refractivity contribution in [2.75, 3.05) is 23.8 Å². The van der Waals surface area contributed by atoms with Gasteiger partial charge in [-0.25, -0.2) is 0 Å². The van der Waals surface area contributed by atoms with Gasteiger partial charge in [0.05, 0.1) is 23.5 Å². The first kappa shape index (κ1) is 22.9. The van der Waals surface area contributed by atoms with E-state index in [4.69, 9.17) is 5.73 Å². The van der Waals surface area contributed by atoms with Gasteiger partial charge >= 0.3 is 0 Å². The minimum atomic E-state index is -0.996. The average Bonchev–Trinajstić information content (AvgIpc) is 2.68. The quantitative estimate of drug-likeness (QED) is 0.797. The number of nitrogens with zero attached hydrogens (tertiary/aromatic N) is 2. The normalized spacial score (nSPS) is 18.3. The van der Waals surface area contributed by atoms with E-state index in [1.54, 1.807) is 37.1 Å². The molecule has 0 aromatic heterocycles. The third-order valence-electron chi connectivity index (χ3n) is 4.60. The number of hydrogen-bond acceptors (Lipinski definition) is 4. The Hall–Kier alpha value is -2.12. The Bertz CT molecular complexity index is 708. The number of likely N-dealkylation sites (N-methyl/N-ethyl adjacent to an activating group) is 1. The Balaban J connectivity index is 0.00000364. The van der Waals surface area contributed by atoms with Crippen LogP contribution in [0.1, 0.15) is 40.0 Å². The third-order valence-corrected chi connectivity index (χ3v) is 4.60. The molecule has 2 rings (SSSR count). The van der Waals surface area contributed by atoms with Crippen molar-refractivity contribution in [1.82, 2.24) is 4.90 Å². The summed E-state index contributed by atoms with van der Waals surface area (Å²) < 4.78 is 0. The van der Waals surface area contributed by atoms with Crippen LogP contribution in [-0.4, -0.2) is 47.8 Å². The molecule has 0 saturated heterocycles. The van der Waals surface area contributed by atoms with Gasteiger partial charge in [-0.3, -0.25) is 14.4 Å². The molecule has 0 saturated carbocycles. The first-order chi connectivity index (χ1) is 12.2. The largest absolute Gasteiger partial charge is 0.335 e. The summed E-state index contributed by atoms with van der Waals surface area (Å²) in [4.78, 5) is 40.6. The lowest BCUT2D eigenvalue weighted by Gasteiger charge is -2.32. The molecular weight excluding hydrogens is 368 g/mol. The molecule has 1 aliphatic rings. The first-order valence-corrected chi connectivity index (χ1v) is 8.92. The molecule has 0 spiro atoms. The van der Waals surface area contributed by atoms with E-state index >= 15 is 0 Å². The summed E-state index contributed by atoms with van der Waals surface area (Å²) >= 11 is 0. The number of amides is 3. The number of para-hydroxylation sites is 2. The fourth-order valence-electron chi connectivity index (χ4n) is 3.38. The molecule has 3 N–H and O–H groups in total. The van der Waals surface area contributed by atoms with Gasteiger partial charge in [0, 0.05) is 19.5 Å². The summed E-state index contributed by atoms with van der Waals surface area (Å²) in [6, 6.07) is 6.86. The van der Waals surface area contributed by atoms with Gasteiger partial charge in [-0.15, -0.1) is 12.4 Å². The van der Waals surface area contributed by atoms with Gasteiger partial charge in [0.2, 0.25) is 17.7 Å². The molecule has 1 aromatic rings. The minimum absolute atomic E-state index is 0. The van der Waals surface area contributed by atoms with Crippen molar-refractivity contribution in [2.24, 2.45) is 5.73 Å². The Labute approximate surface area is 166 Å². The molecule has 27 heavy (non-hydrogen) atoms. The SMILES string of the molecule is CCCC(C)(N)C(=O)N(C)CC(=O)N1c2ccccc2NC(=O)CC1C.Cl. The average molecular weight is 397 g/mol. The standard InChI is InChI=1S/C19H28N4O3.ClH/c1-5-10-19(3,20)18(26)22(4)12-17(25)23-13(2)11-16(24)21-14-8-6-7-9-15(14)23;/h6-9,13H,5,10-12,20H2,1-4H3,(H,21,24);1H. The monoisotopic (exact) mass is 396 g/mol. The molecular formula is C19H29ClN4O3. The van der Waals surface area contributed by atoms with E-state index in [0.717, 1.165) is 6.42 Å². The van der Waals surface area contributed by atoms with E-state index in [9.17, 15) is 14.4 Å². The second kappa shape index (κ2) is 9.19. The van der Waals surface area contributed by atoms with Gasteiger partial charge in [-0.2, -0.15) is 0 Å². The number of carbonyl (C=O) groups excluding carboxylic acids is 3. The first-order valence-electron chi connectivity index (χ1n) is 8.92. The molecule has 3 amide bonds. The van der Waals surface area contributed by atoms with Crippen molar-refractivity contribution >= 4 is 41.5 Å². The zero-order valence-electron chi connectivity index (χ0n) is 16.3. The van der Waals surface area contributed by atoms with Crippen molar-refractivity contribution in [3.63, 3.8) is 0 Å². The second-order valence-corrected chi connectivity index (χ2v) is 7.21. The molecule has 7 nitrogen and oxygen atoms in total. The van der Waals surface area contributed by atoms with E-state index in [1.165, 1.54) is 4.90 Å². The zero-order valence-corrected chi connectivity index (χ0v) is 17.1. The predicted octanol–water partition coefficient (Wildman–Crippen LogP) is 2.15. The smallest absolute Gasteiger partial charge is 0.246 e. The highest BCUT2D eigenvalue weighted by Gasteiger charge is 2.34. The lowest BCUT2D eigenvalue weighted by atomic mass is 9.96. The molecule has 0 bridgehead atoms. The van der Waals surface area contributed by atoms with Crippen LogP contribution in [-0.2, 0) is 14.4 Å². The maximum atomic E-state index is 13.0. The number of carbonyl (C=O) groups is 3. The molecule has 8 heteroatoms. The molecule has 2 unspecified atom stereocenters. The molecule has 1 heterocycles. The molecule has 2 atom stereocenters. The van der Waals surface area contributed by atoms with E-state index in [2.05, 4.69) is 5.32 Å². The van der Waals surface area contributed by atoms with Gasteiger partial charge in [-0.1, -0.05) is 25.5 Å². The van der Waals surface area contributed by atoms with Crippen LogP contribution in [0.2, 0.25) is 0 Å². The number of benzene rings is 1. The molecule has 150 valence electrons. The van der Waals surface area contributed by atoms with Gasteiger partial charge in [0.1, 0.15) is 0 Å². The van der Waals surface area contributed by atoms with Gasteiger partial charge in [0.25, 0.3) is 0 Å². The summed E-state index contributed by atoms with van der Waals surface area (Å²) in [5.74, 6) is -0.649. The van der Waals surface area contributed by atoms with E-state index < -0.39 is 5.54 Å². The summed E-state index contributed by atoms with van der Waals surface area (Å²) in [5.41, 5.74) is 6.34. The zero-order chi connectivity index (χ0) is 19.5. The van der Waals surface area contributed by atoms with Crippen molar-refractivity contribution in [2.45, 2.75) is 51.6 Å². The van der Waals surface area contributed by atoms with E-state index in [0.29, 0.717) is 17.8 Å².